The van der Waals surface area contributed by atoms with Gasteiger partial charge in [-0.1, -0.05) is 12.1 Å². The molecule has 0 atom stereocenters. The first kappa shape index (κ1) is 12.9. The molecule has 0 spiro atoms. The number of Topliss-reactive ketones (excluding diaryl/α,β-unsaturated/α-hetero) is 1. The molecule has 0 radical (unpaired) electrons. The summed E-state index contributed by atoms with van der Waals surface area (Å²) in [7, 11) is 0. The number of ketones is 1. The van der Waals surface area contributed by atoms with Gasteiger partial charge >= 0.3 is 5.97 Å². The van der Waals surface area contributed by atoms with Crippen LogP contribution < -0.4 is 0 Å². The number of carbonyl (C=O) groups excluding carboxylic acids is 2. The van der Waals surface area contributed by atoms with Crippen LogP contribution in [0.5, 0.6) is 0 Å². The van der Waals surface area contributed by atoms with Crippen molar-refractivity contribution in [1.29, 1.82) is 0 Å². The van der Waals surface area contributed by atoms with Crippen LogP contribution in [-0.4, -0.2) is 17.9 Å². The number of carbonyl (C=O) groups is 2. The quantitative estimate of drug-likeness (QED) is 0.632. The van der Waals surface area contributed by atoms with Crippen LogP contribution in [0, 0.1) is 0 Å². The van der Waals surface area contributed by atoms with Crippen molar-refractivity contribution in [2.24, 2.45) is 0 Å². The predicted molar refractivity (Wildman–Crippen MR) is 64.7 cm³/mol. The van der Waals surface area contributed by atoms with E-state index < -0.39 is 5.97 Å². The maximum atomic E-state index is 11.8. The summed E-state index contributed by atoms with van der Waals surface area (Å²) in [5.41, 5.74) is 0.670. The highest BCUT2D eigenvalue weighted by Crippen LogP contribution is 2.22. The maximum Gasteiger partial charge on any atom is 0.340 e. The SMILES string of the molecule is CC(=O)c1cccc(Br)c1C(=O)OC(C)C. The average molecular weight is 285 g/mol. The van der Waals surface area contributed by atoms with Gasteiger partial charge in [-0.15, -0.1) is 0 Å². The van der Waals surface area contributed by atoms with Gasteiger partial charge in [0.25, 0.3) is 0 Å². The first-order valence-electron chi connectivity index (χ1n) is 4.94. The summed E-state index contributed by atoms with van der Waals surface area (Å²) >= 11 is 3.25. The molecule has 0 aliphatic carbocycles. The Morgan fingerprint density at radius 2 is 1.94 bits per heavy atom. The second-order valence-corrected chi connectivity index (χ2v) is 4.53. The second-order valence-electron chi connectivity index (χ2n) is 3.67. The molecular formula is C12H13BrO3. The minimum absolute atomic E-state index is 0.156. The zero-order valence-electron chi connectivity index (χ0n) is 9.41. The van der Waals surface area contributed by atoms with Crippen LogP contribution in [0.25, 0.3) is 0 Å². The number of esters is 1. The highest BCUT2D eigenvalue weighted by Gasteiger charge is 2.19. The van der Waals surface area contributed by atoms with Crippen molar-refractivity contribution in [2.45, 2.75) is 26.9 Å². The number of rotatable bonds is 3. The minimum atomic E-state index is -0.479. The molecule has 4 heteroatoms. The zero-order chi connectivity index (χ0) is 12.3. The molecule has 0 aromatic heterocycles. The van der Waals surface area contributed by atoms with Crippen LogP contribution in [-0.2, 0) is 4.74 Å². The maximum absolute atomic E-state index is 11.8. The van der Waals surface area contributed by atoms with E-state index in [1.807, 2.05) is 0 Å². The van der Waals surface area contributed by atoms with Crippen molar-refractivity contribution >= 4 is 27.7 Å². The van der Waals surface area contributed by atoms with Gasteiger partial charge in [0.1, 0.15) is 0 Å². The van der Waals surface area contributed by atoms with Gasteiger partial charge in [-0.2, -0.15) is 0 Å². The van der Waals surface area contributed by atoms with Crippen molar-refractivity contribution in [3.8, 4) is 0 Å². The molecule has 0 saturated carbocycles. The van der Waals surface area contributed by atoms with Crippen molar-refractivity contribution in [1.82, 2.24) is 0 Å². The van der Waals surface area contributed by atoms with Crippen LogP contribution in [0.15, 0.2) is 22.7 Å². The summed E-state index contributed by atoms with van der Waals surface area (Å²) in [4.78, 5) is 23.2. The predicted octanol–water partition coefficient (Wildman–Crippen LogP) is 3.22. The Balaban J connectivity index is 3.20. The first-order valence-corrected chi connectivity index (χ1v) is 5.73. The zero-order valence-corrected chi connectivity index (χ0v) is 11.0. The van der Waals surface area contributed by atoms with Crippen LogP contribution >= 0.6 is 15.9 Å². The number of benzene rings is 1. The Labute approximate surface area is 103 Å². The van der Waals surface area contributed by atoms with Gasteiger partial charge in [-0.3, -0.25) is 4.79 Å². The van der Waals surface area contributed by atoms with E-state index in [2.05, 4.69) is 15.9 Å². The van der Waals surface area contributed by atoms with Gasteiger partial charge in [-0.25, -0.2) is 4.79 Å². The highest BCUT2D eigenvalue weighted by atomic mass is 79.9. The van der Waals surface area contributed by atoms with E-state index >= 15 is 0 Å². The fraction of sp³-hybridized carbons (Fsp3) is 0.333. The van der Waals surface area contributed by atoms with Crippen LogP contribution in [0.4, 0.5) is 0 Å². The van der Waals surface area contributed by atoms with Gasteiger partial charge in [0.05, 0.1) is 11.7 Å². The molecule has 86 valence electrons. The van der Waals surface area contributed by atoms with Crippen LogP contribution in [0.3, 0.4) is 0 Å². The summed E-state index contributed by atoms with van der Waals surface area (Å²) in [6.45, 7) is 4.96. The van der Waals surface area contributed by atoms with Crippen LogP contribution in [0.2, 0.25) is 0 Å². The Morgan fingerprint density at radius 3 is 2.44 bits per heavy atom. The third-order valence-electron chi connectivity index (χ3n) is 1.94. The molecule has 1 aromatic carbocycles. The summed E-state index contributed by atoms with van der Waals surface area (Å²) in [6, 6.07) is 5.04. The largest absolute Gasteiger partial charge is 0.459 e. The molecule has 0 aliphatic heterocycles. The summed E-state index contributed by atoms with van der Waals surface area (Å²) in [5, 5.41) is 0. The van der Waals surface area contributed by atoms with Crippen molar-refractivity contribution in [2.75, 3.05) is 0 Å². The van der Waals surface area contributed by atoms with Crippen molar-refractivity contribution < 1.29 is 14.3 Å². The summed E-state index contributed by atoms with van der Waals surface area (Å²) < 4.78 is 5.66. The van der Waals surface area contributed by atoms with Gasteiger partial charge in [0.2, 0.25) is 0 Å². The topological polar surface area (TPSA) is 43.4 Å². The third kappa shape index (κ3) is 2.92. The molecule has 3 nitrogen and oxygen atoms in total. The highest BCUT2D eigenvalue weighted by molar-refractivity contribution is 9.10. The Kier molecular flexibility index (Phi) is 4.24. The number of hydrogen-bond acceptors (Lipinski definition) is 3. The molecule has 0 bridgehead atoms. The van der Waals surface area contributed by atoms with Gasteiger partial charge in [0, 0.05) is 10.0 Å². The van der Waals surface area contributed by atoms with Crippen molar-refractivity contribution in [3.63, 3.8) is 0 Å². The number of halogens is 1. The molecule has 0 fully saturated rings. The fourth-order valence-electron chi connectivity index (χ4n) is 1.30. The molecule has 0 saturated heterocycles. The standard InChI is InChI=1S/C12H13BrO3/c1-7(2)16-12(15)11-9(8(3)14)5-4-6-10(11)13/h4-7H,1-3H3. The molecule has 0 unspecified atom stereocenters. The third-order valence-corrected chi connectivity index (χ3v) is 2.60. The smallest absolute Gasteiger partial charge is 0.340 e. The molecule has 1 aromatic rings. The number of ether oxygens (including phenoxy) is 1. The van der Waals surface area contributed by atoms with Crippen molar-refractivity contribution in [3.05, 3.63) is 33.8 Å². The molecule has 0 amide bonds. The van der Waals surface area contributed by atoms with E-state index in [-0.39, 0.29) is 11.9 Å². The van der Waals surface area contributed by atoms with Gasteiger partial charge in [0.15, 0.2) is 5.78 Å². The minimum Gasteiger partial charge on any atom is -0.459 e. The van der Waals surface area contributed by atoms with E-state index in [9.17, 15) is 9.59 Å². The Bertz CT molecular complexity index is 424. The lowest BCUT2D eigenvalue weighted by molar-refractivity contribution is 0.0374. The lowest BCUT2D eigenvalue weighted by atomic mass is 10.0. The van der Waals surface area contributed by atoms with E-state index in [0.29, 0.717) is 15.6 Å². The Morgan fingerprint density at radius 1 is 1.31 bits per heavy atom. The Hall–Kier alpha value is -1.16. The second kappa shape index (κ2) is 5.25. The number of hydrogen-bond donors (Lipinski definition) is 0. The van der Waals surface area contributed by atoms with Crippen LogP contribution in [0.1, 0.15) is 41.5 Å². The molecule has 0 aliphatic rings. The lowest BCUT2D eigenvalue weighted by Crippen LogP contribution is -2.15. The fourth-order valence-corrected chi connectivity index (χ4v) is 1.83. The molecule has 0 N–H and O–H groups in total. The van der Waals surface area contributed by atoms with E-state index in [4.69, 9.17) is 4.74 Å². The monoisotopic (exact) mass is 284 g/mol. The van der Waals surface area contributed by atoms with Gasteiger partial charge < -0.3 is 4.74 Å². The summed E-state index contributed by atoms with van der Waals surface area (Å²) in [6.07, 6.45) is -0.209. The normalized spacial score (nSPS) is 10.3. The van der Waals surface area contributed by atoms with E-state index in [1.54, 1.807) is 32.0 Å². The molecule has 0 heterocycles. The van der Waals surface area contributed by atoms with E-state index in [0.717, 1.165) is 0 Å². The molecule has 1 rings (SSSR count). The summed E-state index contributed by atoms with van der Waals surface area (Å²) in [5.74, 6) is -0.635. The molecule has 16 heavy (non-hydrogen) atoms. The average Bonchev–Trinajstić information content (AvgIpc) is 2.15. The van der Waals surface area contributed by atoms with E-state index in [1.165, 1.54) is 6.92 Å². The van der Waals surface area contributed by atoms with Gasteiger partial charge in [-0.05, 0) is 42.8 Å². The lowest BCUT2D eigenvalue weighted by Gasteiger charge is -2.11. The first-order chi connectivity index (χ1) is 7.43. The molecular weight excluding hydrogens is 272 g/mol.